The van der Waals surface area contributed by atoms with Crippen LogP contribution in [0.1, 0.15) is 32.0 Å². The van der Waals surface area contributed by atoms with Crippen molar-refractivity contribution in [2.75, 3.05) is 16.8 Å². The van der Waals surface area contributed by atoms with Gasteiger partial charge in [0, 0.05) is 12.6 Å². The average molecular weight is 441 g/mol. The van der Waals surface area contributed by atoms with Crippen molar-refractivity contribution in [1.29, 1.82) is 0 Å². The van der Waals surface area contributed by atoms with E-state index in [9.17, 15) is 0 Å². The molecule has 0 unspecified atom stereocenters. The van der Waals surface area contributed by atoms with Crippen LogP contribution in [0.15, 0.2) is 34.9 Å². The van der Waals surface area contributed by atoms with Crippen LogP contribution in [0.5, 0.6) is 0 Å². The standard InChI is InChI=1S/C19H21BrN8/c1-12-6-4-5-9-27(12)19-25-17-13(20)10-22-28(17)18(26-19)21-11-16-23-14-7-2-3-8-15(14)24-16/h2-3,7-8,10,12H,4-6,9,11H2,1H3,(H,23,24)(H,21,25,26)/t12-/m1/s1. The van der Waals surface area contributed by atoms with E-state index in [1.165, 1.54) is 12.8 Å². The minimum absolute atomic E-state index is 0.432. The number of anilines is 2. The molecule has 2 N–H and O–H groups in total. The summed E-state index contributed by atoms with van der Waals surface area (Å²) < 4.78 is 2.58. The van der Waals surface area contributed by atoms with Gasteiger partial charge in [-0.25, -0.2) is 4.98 Å². The van der Waals surface area contributed by atoms with Crippen LogP contribution in [0.3, 0.4) is 0 Å². The van der Waals surface area contributed by atoms with E-state index < -0.39 is 0 Å². The second kappa shape index (κ2) is 7.05. The number of para-hydroxylation sites is 2. The van der Waals surface area contributed by atoms with E-state index in [0.29, 0.717) is 18.5 Å². The number of fused-ring (bicyclic) bond motifs is 2. The number of imidazole rings is 1. The monoisotopic (exact) mass is 440 g/mol. The first-order valence-corrected chi connectivity index (χ1v) is 10.3. The zero-order valence-corrected chi connectivity index (χ0v) is 17.1. The second-order valence-electron chi connectivity index (χ2n) is 7.17. The molecule has 1 atom stereocenters. The lowest BCUT2D eigenvalue weighted by Gasteiger charge is -2.33. The Morgan fingerprint density at radius 1 is 1.21 bits per heavy atom. The molecule has 144 valence electrons. The smallest absolute Gasteiger partial charge is 0.230 e. The molecule has 0 saturated carbocycles. The summed E-state index contributed by atoms with van der Waals surface area (Å²) in [4.78, 5) is 19.8. The van der Waals surface area contributed by atoms with Crippen molar-refractivity contribution in [3.63, 3.8) is 0 Å². The van der Waals surface area contributed by atoms with Crippen LogP contribution in [-0.2, 0) is 6.54 Å². The summed E-state index contributed by atoms with van der Waals surface area (Å²) >= 11 is 3.56. The molecule has 8 nitrogen and oxygen atoms in total. The largest absolute Gasteiger partial charge is 0.347 e. The quantitative estimate of drug-likeness (QED) is 0.502. The maximum atomic E-state index is 4.80. The molecule has 3 aromatic heterocycles. The molecule has 4 heterocycles. The van der Waals surface area contributed by atoms with Gasteiger partial charge in [0.05, 0.1) is 28.2 Å². The molecule has 0 amide bonds. The zero-order chi connectivity index (χ0) is 19.1. The fourth-order valence-electron chi connectivity index (χ4n) is 3.73. The number of aromatic nitrogens is 6. The molecule has 1 fully saturated rings. The summed E-state index contributed by atoms with van der Waals surface area (Å²) in [6, 6.07) is 8.44. The SMILES string of the molecule is C[C@@H]1CCCCN1c1nc(NCc2nc3ccccc3[nH]2)n2ncc(Br)c2n1. The van der Waals surface area contributed by atoms with Crippen molar-refractivity contribution in [1.82, 2.24) is 29.5 Å². The van der Waals surface area contributed by atoms with Gasteiger partial charge in [-0.2, -0.15) is 19.6 Å². The molecule has 0 spiro atoms. The summed E-state index contributed by atoms with van der Waals surface area (Å²) in [6.07, 6.45) is 5.34. The summed E-state index contributed by atoms with van der Waals surface area (Å²) in [5, 5.41) is 7.79. The van der Waals surface area contributed by atoms with Crippen LogP contribution in [0, 0.1) is 0 Å². The number of benzene rings is 1. The van der Waals surface area contributed by atoms with Gasteiger partial charge in [0.2, 0.25) is 11.9 Å². The first-order chi connectivity index (χ1) is 13.7. The zero-order valence-electron chi connectivity index (χ0n) is 15.6. The lowest BCUT2D eigenvalue weighted by molar-refractivity contribution is 0.477. The first kappa shape index (κ1) is 17.4. The Morgan fingerprint density at radius 3 is 2.96 bits per heavy atom. The molecule has 0 bridgehead atoms. The molecule has 1 aliphatic rings. The topological polar surface area (TPSA) is 87.0 Å². The van der Waals surface area contributed by atoms with Crippen molar-refractivity contribution in [3.05, 3.63) is 40.8 Å². The molecule has 0 aliphatic carbocycles. The molecule has 4 aromatic rings. The lowest BCUT2D eigenvalue weighted by atomic mass is 10.0. The van der Waals surface area contributed by atoms with E-state index in [4.69, 9.17) is 9.97 Å². The van der Waals surface area contributed by atoms with Gasteiger partial charge in [0.25, 0.3) is 0 Å². The van der Waals surface area contributed by atoms with Crippen LogP contribution < -0.4 is 10.2 Å². The number of halogens is 1. The van der Waals surface area contributed by atoms with Crippen molar-refractivity contribution >= 4 is 44.5 Å². The highest BCUT2D eigenvalue weighted by Crippen LogP contribution is 2.26. The molecule has 1 aromatic carbocycles. The number of aromatic amines is 1. The van der Waals surface area contributed by atoms with Crippen molar-refractivity contribution < 1.29 is 0 Å². The van der Waals surface area contributed by atoms with Crippen molar-refractivity contribution in [2.45, 2.75) is 38.8 Å². The van der Waals surface area contributed by atoms with Gasteiger partial charge in [0.15, 0.2) is 5.65 Å². The minimum atomic E-state index is 0.432. The molecule has 1 aliphatic heterocycles. The fraction of sp³-hybridized carbons (Fsp3) is 0.368. The summed E-state index contributed by atoms with van der Waals surface area (Å²) in [5.74, 6) is 2.25. The lowest BCUT2D eigenvalue weighted by Crippen LogP contribution is -2.38. The number of hydrogen-bond donors (Lipinski definition) is 2. The maximum absolute atomic E-state index is 4.80. The summed E-state index contributed by atoms with van der Waals surface area (Å²) in [5.41, 5.74) is 2.74. The number of hydrogen-bond acceptors (Lipinski definition) is 6. The van der Waals surface area contributed by atoms with Crippen LogP contribution in [0.2, 0.25) is 0 Å². The van der Waals surface area contributed by atoms with Gasteiger partial charge < -0.3 is 15.2 Å². The second-order valence-corrected chi connectivity index (χ2v) is 8.02. The molecular formula is C19H21BrN8. The predicted octanol–water partition coefficient (Wildman–Crippen LogP) is 3.75. The van der Waals surface area contributed by atoms with Crippen molar-refractivity contribution in [3.8, 4) is 0 Å². The molecule has 9 heteroatoms. The van der Waals surface area contributed by atoms with Gasteiger partial charge in [0.1, 0.15) is 5.82 Å². The van der Waals surface area contributed by atoms with Gasteiger partial charge >= 0.3 is 0 Å². The van der Waals surface area contributed by atoms with Crippen LogP contribution >= 0.6 is 15.9 Å². The first-order valence-electron chi connectivity index (χ1n) is 9.54. The minimum Gasteiger partial charge on any atom is -0.347 e. The number of piperidine rings is 1. The number of H-pyrrole nitrogens is 1. The molecule has 0 radical (unpaired) electrons. The third-order valence-electron chi connectivity index (χ3n) is 5.23. The third kappa shape index (κ3) is 3.09. The average Bonchev–Trinajstić information content (AvgIpc) is 3.30. The Kier molecular flexibility index (Phi) is 4.38. The van der Waals surface area contributed by atoms with Crippen LogP contribution in [0.4, 0.5) is 11.9 Å². The van der Waals surface area contributed by atoms with Gasteiger partial charge in [-0.3, -0.25) is 0 Å². The van der Waals surface area contributed by atoms with Gasteiger partial charge in [-0.1, -0.05) is 12.1 Å². The Bertz CT molecular complexity index is 1100. The van der Waals surface area contributed by atoms with E-state index >= 15 is 0 Å². The normalized spacial score (nSPS) is 17.5. The highest BCUT2D eigenvalue weighted by molar-refractivity contribution is 9.10. The Balaban J connectivity index is 1.48. The Labute approximate surface area is 170 Å². The maximum Gasteiger partial charge on any atom is 0.230 e. The van der Waals surface area contributed by atoms with Gasteiger partial charge in [-0.15, -0.1) is 0 Å². The van der Waals surface area contributed by atoms with E-state index in [-0.39, 0.29) is 0 Å². The van der Waals surface area contributed by atoms with E-state index in [1.807, 2.05) is 24.3 Å². The number of rotatable bonds is 4. The van der Waals surface area contributed by atoms with Crippen molar-refractivity contribution in [2.24, 2.45) is 0 Å². The van der Waals surface area contributed by atoms with Crippen LogP contribution in [-0.4, -0.2) is 42.1 Å². The predicted molar refractivity (Wildman–Crippen MR) is 113 cm³/mol. The number of nitrogens with one attached hydrogen (secondary N) is 2. The highest BCUT2D eigenvalue weighted by Gasteiger charge is 2.23. The van der Waals surface area contributed by atoms with E-state index in [0.717, 1.165) is 45.9 Å². The Morgan fingerprint density at radius 2 is 2.11 bits per heavy atom. The van der Waals surface area contributed by atoms with E-state index in [2.05, 4.69) is 48.1 Å². The molecule has 1 saturated heterocycles. The van der Waals surface area contributed by atoms with Crippen LogP contribution in [0.25, 0.3) is 16.7 Å². The highest BCUT2D eigenvalue weighted by atomic mass is 79.9. The Hall–Kier alpha value is -2.68. The molecule has 5 rings (SSSR count). The van der Waals surface area contributed by atoms with Gasteiger partial charge in [-0.05, 0) is 54.2 Å². The summed E-state index contributed by atoms with van der Waals surface area (Å²) in [6.45, 7) is 3.74. The van der Waals surface area contributed by atoms with E-state index in [1.54, 1.807) is 10.7 Å². The third-order valence-corrected chi connectivity index (χ3v) is 5.78. The number of nitrogens with zero attached hydrogens (tertiary/aromatic N) is 6. The summed E-state index contributed by atoms with van der Waals surface area (Å²) in [7, 11) is 0. The fourth-order valence-corrected chi connectivity index (χ4v) is 4.08. The molecule has 28 heavy (non-hydrogen) atoms. The molecular weight excluding hydrogens is 420 g/mol.